The van der Waals surface area contributed by atoms with E-state index in [1.807, 2.05) is 0 Å². The fourth-order valence-electron chi connectivity index (χ4n) is 4.28. The number of nitrogen functional groups attached to an aromatic ring is 1. The smallest absolute Gasteiger partial charge is 0.394 e. The average molecular weight is 520 g/mol. The van der Waals surface area contributed by atoms with Gasteiger partial charge in [0.15, 0.2) is 6.23 Å². The van der Waals surface area contributed by atoms with Crippen molar-refractivity contribution in [1.29, 1.82) is 0 Å². The molecule has 1 aliphatic heterocycles. The summed E-state index contributed by atoms with van der Waals surface area (Å²) in [5.41, 5.74) is 4.63. The van der Waals surface area contributed by atoms with Gasteiger partial charge in [-0.15, -0.1) is 0 Å². The minimum Gasteiger partial charge on any atom is -0.394 e. The van der Waals surface area contributed by atoms with Gasteiger partial charge in [-0.3, -0.25) is 4.57 Å². The van der Waals surface area contributed by atoms with Gasteiger partial charge in [-0.1, -0.05) is 103 Å². The van der Waals surface area contributed by atoms with Gasteiger partial charge in [-0.05, 0) is 6.07 Å². The first-order valence-corrected chi connectivity index (χ1v) is 13.7. The maximum absolute atomic E-state index is 11.5. The Morgan fingerprint density at radius 3 is 1.78 bits per heavy atom. The van der Waals surface area contributed by atoms with Gasteiger partial charge in [0, 0.05) is 6.20 Å². The summed E-state index contributed by atoms with van der Waals surface area (Å²) in [6, 6.07) is 1.37. The molecule has 0 radical (unpaired) electrons. The molecule has 2 heterocycles. The van der Waals surface area contributed by atoms with Gasteiger partial charge in [-0.25, -0.2) is 4.79 Å². The van der Waals surface area contributed by atoms with Crippen LogP contribution in [-0.2, 0) is 4.74 Å². The van der Waals surface area contributed by atoms with Gasteiger partial charge in [0.2, 0.25) is 0 Å². The average Bonchev–Trinajstić information content (AvgIpc) is 3.13. The molecule has 0 unspecified atom stereocenters. The molecule has 1 aliphatic rings. The van der Waals surface area contributed by atoms with Crippen molar-refractivity contribution in [3.63, 3.8) is 0 Å². The number of rotatable bonds is 17. The molecule has 2 rings (SSSR count). The molecule has 0 aromatic carbocycles. The Morgan fingerprint density at radius 1 is 0.917 bits per heavy atom. The first kappa shape index (κ1) is 35.5. The second kappa shape index (κ2) is 22.5. The van der Waals surface area contributed by atoms with Crippen LogP contribution in [0.5, 0.6) is 0 Å². The Balaban J connectivity index is 0.000000662. The van der Waals surface area contributed by atoms with E-state index in [1.165, 1.54) is 109 Å². The van der Waals surface area contributed by atoms with E-state index in [-0.39, 0.29) is 35.4 Å². The fraction of sp³-hybridized carbons (Fsp3) is 0.815. The van der Waals surface area contributed by atoms with E-state index in [0.717, 1.165) is 11.0 Å². The van der Waals surface area contributed by atoms with Gasteiger partial charge in [0.05, 0.1) is 6.61 Å². The molecular formula is C27H50N3NaO5. The summed E-state index contributed by atoms with van der Waals surface area (Å²) in [6.07, 6.45) is 19.6. The molecule has 204 valence electrons. The van der Waals surface area contributed by atoms with Crippen LogP contribution in [0.2, 0.25) is 0 Å². The van der Waals surface area contributed by atoms with Crippen molar-refractivity contribution in [2.45, 2.75) is 134 Å². The van der Waals surface area contributed by atoms with Crippen LogP contribution in [-0.4, -0.2) is 49.8 Å². The summed E-state index contributed by atoms with van der Waals surface area (Å²) in [4.78, 5) is 15.0. The third-order valence-electron chi connectivity index (χ3n) is 6.50. The van der Waals surface area contributed by atoms with Gasteiger partial charge < -0.3 is 32.7 Å². The number of aliphatic hydroxyl groups excluding tert-OH is 3. The first-order valence-electron chi connectivity index (χ1n) is 13.7. The summed E-state index contributed by atoms with van der Waals surface area (Å²) in [7, 11) is 0. The number of unbranched alkanes of at least 4 members (excludes halogenated alkanes) is 15. The van der Waals surface area contributed by atoms with Crippen LogP contribution in [0.3, 0.4) is 0 Å². The maximum atomic E-state index is 11.5. The summed E-state index contributed by atoms with van der Waals surface area (Å²) in [5, 5.41) is 28.2. The molecule has 0 amide bonds. The minimum absolute atomic E-state index is 0. The summed E-state index contributed by atoms with van der Waals surface area (Å²) in [6.45, 7) is 5.72. The topological polar surface area (TPSA) is 131 Å². The Bertz CT molecular complexity index is 690. The normalized spacial score (nSPS) is 21.0. The predicted octanol–water partition coefficient (Wildman–Crippen LogP) is 1.52. The van der Waals surface area contributed by atoms with E-state index in [0.29, 0.717) is 0 Å². The summed E-state index contributed by atoms with van der Waals surface area (Å²) >= 11 is 0. The third-order valence-corrected chi connectivity index (χ3v) is 6.50. The number of anilines is 1. The second-order valence-corrected chi connectivity index (χ2v) is 9.57. The molecule has 9 heteroatoms. The van der Waals surface area contributed by atoms with Gasteiger partial charge in [-0.2, -0.15) is 11.4 Å². The number of nitrogens with two attached hydrogens (primary N) is 1. The van der Waals surface area contributed by atoms with Crippen LogP contribution in [0.4, 0.5) is 5.82 Å². The first-order chi connectivity index (χ1) is 17.0. The molecular weight excluding hydrogens is 469 g/mol. The number of hydrogen-bond acceptors (Lipinski definition) is 7. The van der Waals surface area contributed by atoms with E-state index in [4.69, 9.17) is 15.6 Å². The van der Waals surface area contributed by atoms with Crippen molar-refractivity contribution in [3.8, 4) is 0 Å². The van der Waals surface area contributed by atoms with Gasteiger partial charge >= 0.3 is 35.2 Å². The van der Waals surface area contributed by atoms with Crippen molar-refractivity contribution in [1.82, 2.24) is 9.55 Å². The molecule has 8 nitrogen and oxygen atoms in total. The number of aromatic nitrogens is 2. The van der Waals surface area contributed by atoms with Gasteiger partial charge in [0.25, 0.3) is 0 Å². The number of nitrogens with zero attached hydrogens (tertiary/aromatic N) is 2. The van der Waals surface area contributed by atoms with Crippen molar-refractivity contribution in [3.05, 3.63) is 29.7 Å². The SMILES string of the molecule is Nc1ccn([C@@H]2O[C@H](CO)[C@@H](O)[C@H]2O)c(=O)n1.[CH2-]CCCCCCCCCCCCCCCCC.[Na+]. The molecule has 4 atom stereocenters. The minimum atomic E-state index is -1.31. The van der Waals surface area contributed by atoms with Crippen LogP contribution in [0.1, 0.15) is 116 Å². The third kappa shape index (κ3) is 14.5. The zero-order valence-corrected chi connectivity index (χ0v) is 24.8. The molecule has 5 N–H and O–H groups in total. The number of hydrogen-bond donors (Lipinski definition) is 4. The maximum Gasteiger partial charge on any atom is 1.00 e. The molecule has 0 bridgehead atoms. The van der Waals surface area contributed by atoms with E-state index in [1.54, 1.807) is 0 Å². The summed E-state index contributed by atoms with van der Waals surface area (Å²) < 4.78 is 6.19. The number of ether oxygens (including phenoxy) is 1. The quantitative estimate of drug-likeness (QED) is 0.139. The molecule has 0 aliphatic carbocycles. The van der Waals surface area contributed by atoms with Crippen LogP contribution in [0.15, 0.2) is 17.1 Å². The monoisotopic (exact) mass is 519 g/mol. The molecule has 1 saturated heterocycles. The molecule has 1 aromatic heterocycles. The molecule has 36 heavy (non-hydrogen) atoms. The predicted molar refractivity (Wildman–Crippen MR) is 141 cm³/mol. The fourth-order valence-corrected chi connectivity index (χ4v) is 4.28. The van der Waals surface area contributed by atoms with Crippen molar-refractivity contribution >= 4 is 5.82 Å². The Morgan fingerprint density at radius 2 is 1.39 bits per heavy atom. The Hall–Kier alpha value is -0.480. The van der Waals surface area contributed by atoms with Crippen molar-refractivity contribution in [2.75, 3.05) is 12.3 Å². The van der Waals surface area contributed by atoms with E-state index < -0.39 is 36.8 Å². The van der Waals surface area contributed by atoms with Crippen molar-refractivity contribution in [2.24, 2.45) is 0 Å². The van der Waals surface area contributed by atoms with E-state index in [2.05, 4.69) is 18.8 Å². The number of aliphatic hydroxyl groups is 3. The van der Waals surface area contributed by atoms with Crippen LogP contribution < -0.4 is 41.0 Å². The van der Waals surface area contributed by atoms with E-state index >= 15 is 0 Å². The Kier molecular flexibility index (Phi) is 22.2. The standard InChI is InChI=1S/C18H37.C9H13N3O5.Na/c1-3-5-7-9-11-13-15-17-18-16-14-12-10-8-6-4-2;10-5-1-2-12(9(16)11-5)8-7(15)6(14)4(3-13)17-8;/h1,3-18H2,2H3;1-2,4,6-8,13-15H,3H2,(H2,10,11,16);/q-1;;+1/t;4-,6-,7-,8-;/m.1./s1. The largest absolute Gasteiger partial charge is 1.00 e. The Labute approximate surface area is 240 Å². The molecule has 0 saturated carbocycles. The molecule has 0 spiro atoms. The molecule has 1 fully saturated rings. The van der Waals surface area contributed by atoms with Crippen LogP contribution in [0.25, 0.3) is 0 Å². The zero-order chi connectivity index (χ0) is 25.9. The van der Waals surface area contributed by atoms with Crippen LogP contribution >= 0.6 is 0 Å². The molecule has 1 aromatic rings. The summed E-state index contributed by atoms with van der Waals surface area (Å²) in [5.74, 6) is 0.0537. The van der Waals surface area contributed by atoms with E-state index in [9.17, 15) is 15.0 Å². The van der Waals surface area contributed by atoms with Gasteiger partial charge in [0.1, 0.15) is 24.1 Å². The van der Waals surface area contributed by atoms with Crippen molar-refractivity contribution < 1.29 is 49.6 Å². The van der Waals surface area contributed by atoms with Crippen LogP contribution in [0, 0.1) is 6.92 Å². The second-order valence-electron chi connectivity index (χ2n) is 9.57. The zero-order valence-electron chi connectivity index (χ0n) is 22.8.